The largest absolute Gasteiger partial charge is 0.251 e. The highest BCUT2D eigenvalue weighted by Gasteiger charge is 2.20. The Morgan fingerprint density at radius 1 is 0.938 bits per heavy atom. The van der Waals surface area contributed by atoms with E-state index >= 15 is 0 Å². The first-order valence-corrected chi connectivity index (χ1v) is 7.25. The number of rotatable bonds is 10. The molecule has 0 aromatic rings. The van der Waals surface area contributed by atoms with Crippen LogP contribution in [0.5, 0.6) is 0 Å². The number of halogens is 1. The topological polar surface area (TPSA) is 0 Å². The zero-order valence-corrected chi connectivity index (χ0v) is 11.8. The second-order valence-electron chi connectivity index (χ2n) is 5.35. The Labute approximate surface area is 102 Å². The van der Waals surface area contributed by atoms with E-state index in [-0.39, 0.29) is 12.6 Å². The lowest BCUT2D eigenvalue weighted by Crippen LogP contribution is -2.18. The Hall–Kier alpha value is -0.0700. The van der Waals surface area contributed by atoms with Gasteiger partial charge in [0, 0.05) is 0 Å². The van der Waals surface area contributed by atoms with E-state index in [1.807, 2.05) is 6.92 Å². The molecular weight excluding hydrogens is 199 g/mol. The van der Waals surface area contributed by atoms with Gasteiger partial charge in [-0.1, -0.05) is 66.2 Å². The molecule has 0 spiro atoms. The Morgan fingerprint density at radius 3 is 2.06 bits per heavy atom. The second kappa shape index (κ2) is 10.1. The average Bonchev–Trinajstić information content (AvgIpc) is 2.31. The van der Waals surface area contributed by atoms with Crippen LogP contribution in [0.3, 0.4) is 0 Å². The van der Waals surface area contributed by atoms with Crippen LogP contribution in [-0.4, -0.2) is 6.67 Å². The van der Waals surface area contributed by atoms with Crippen LogP contribution in [0, 0.1) is 17.8 Å². The molecule has 0 radical (unpaired) electrons. The summed E-state index contributed by atoms with van der Waals surface area (Å²) < 4.78 is 12.6. The van der Waals surface area contributed by atoms with Gasteiger partial charge in [0.25, 0.3) is 0 Å². The highest BCUT2D eigenvalue weighted by Crippen LogP contribution is 2.31. The van der Waals surface area contributed by atoms with Crippen molar-refractivity contribution in [1.82, 2.24) is 0 Å². The minimum Gasteiger partial charge on any atom is -0.251 e. The van der Waals surface area contributed by atoms with Crippen LogP contribution in [0.2, 0.25) is 0 Å². The minimum atomic E-state index is -0.150. The molecule has 1 heteroatoms. The van der Waals surface area contributed by atoms with Crippen molar-refractivity contribution < 1.29 is 4.39 Å². The van der Waals surface area contributed by atoms with Crippen LogP contribution in [0.4, 0.5) is 4.39 Å². The molecule has 0 aromatic heterocycles. The maximum absolute atomic E-state index is 12.6. The van der Waals surface area contributed by atoms with Gasteiger partial charge in [-0.2, -0.15) is 0 Å². The third-order valence-electron chi connectivity index (χ3n) is 3.75. The van der Waals surface area contributed by atoms with Crippen molar-refractivity contribution in [2.45, 2.75) is 72.6 Å². The van der Waals surface area contributed by atoms with Gasteiger partial charge in [-0.25, -0.2) is 0 Å². The summed E-state index contributed by atoms with van der Waals surface area (Å²) in [4.78, 5) is 0. The summed E-state index contributed by atoms with van der Waals surface area (Å²) in [6.07, 6.45) is 8.88. The monoisotopic (exact) mass is 230 g/mol. The molecule has 3 atom stereocenters. The van der Waals surface area contributed by atoms with E-state index in [9.17, 15) is 4.39 Å². The van der Waals surface area contributed by atoms with Crippen molar-refractivity contribution in [3.63, 3.8) is 0 Å². The highest BCUT2D eigenvalue weighted by molar-refractivity contribution is 4.71. The Morgan fingerprint density at radius 2 is 1.62 bits per heavy atom. The van der Waals surface area contributed by atoms with Crippen LogP contribution in [-0.2, 0) is 0 Å². The number of hydrogen-bond acceptors (Lipinski definition) is 0. The molecule has 0 bridgehead atoms. The smallest absolute Gasteiger partial charge is 0.0920 e. The molecule has 0 aliphatic carbocycles. The van der Waals surface area contributed by atoms with E-state index in [1.54, 1.807) is 0 Å². The molecule has 0 aliphatic rings. The van der Waals surface area contributed by atoms with Gasteiger partial charge in [0.2, 0.25) is 0 Å². The average molecular weight is 230 g/mol. The number of hydrogen-bond donors (Lipinski definition) is 0. The fourth-order valence-corrected chi connectivity index (χ4v) is 2.73. The van der Waals surface area contributed by atoms with E-state index in [0.29, 0.717) is 0 Å². The molecule has 0 nitrogen and oxygen atoms in total. The van der Waals surface area contributed by atoms with E-state index in [1.165, 1.54) is 38.5 Å². The Balaban J connectivity index is 4.20. The predicted octanol–water partition coefficient (Wildman–Crippen LogP) is 5.61. The first-order chi connectivity index (χ1) is 7.69. The third-order valence-corrected chi connectivity index (χ3v) is 3.75. The van der Waals surface area contributed by atoms with Gasteiger partial charge in [-0.15, -0.1) is 0 Å². The molecule has 0 saturated carbocycles. The fraction of sp³-hybridized carbons (Fsp3) is 1.00. The molecule has 16 heavy (non-hydrogen) atoms. The second-order valence-corrected chi connectivity index (χ2v) is 5.35. The lowest BCUT2D eigenvalue weighted by atomic mass is 9.78. The summed E-state index contributed by atoms with van der Waals surface area (Å²) in [6.45, 7) is 8.69. The molecule has 0 aromatic carbocycles. The van der Waals surface area contributed by atoms with Gasteiger partial charge >= 0.3 is 0 Å². The van der Waals surface area contributed by atoms with Crippen molar-refractivity contribution in [2.24, 2.45) is 17.8 Å². The zero-order chi connectivity index (χ0) is 12.4. The maximum atomic E-state index is 12.6. The van der Waals surface area contributed by atoms with Crippen molar-refractivity contribution in [2.75, 3.05) is 6.67 Å². The lowest BCUT2D eigenvalue weighted by molar-refractivity contribution is 0.216. The van der Waals surface area contributed by atoms with Crippen LogP contribution < -0.4 is 0 Å². The quantitative estimate of drug-likeness (QED) is 0.457. The first kappa shape index (κ1) is 15.9. The summed E-state index contributed by atoms with van der Waals surface area (Å²) >= 11 is 0. The summed E-state index contributed by atoms with van der Waals surface area (Å²) in [7, 11) is 0. The van der Waals surface area contributed by atoms with E-state index in [4.69, 9.17) is 0 Å². The normalized spacial score (nSPS) is 17.1. The molecule has 3 unspecified atom stereocenters. The van der Waals surface area contributed by atoms with Crippen LogP contribution in [0.25, 0.3) is 0 Å². The fourth-order valence-electron chi connectivity index (χ4n) is 2.73. The summed E-state index contributed by atoms with van der Waals surface area (Å²) in [5.41, 5.74) is 0. The molecule has 0 rings (SSSR count). The minimum absolute atomic E-state index is 0.150. The van der Waals surface area contributed by atoms with E-state index in [2.05, 4.69) is 20.8 Å². The van der Waals surface area contributed by atoms with Crippen LogP contribution in [0.1, 0.15) is 72.6 Å². The summed E-state index contributed by atoms with van der Waals surface area (Å²) in [6, 6.07) is 0. The third kappa shape index (κ3) is 6.50. The van der Waals surface area contributed by atoms with Crippen molar-refractivity contribution >= 4 is 0 Å². The number of alkyl halides is 1. The molecule has 0 heterocycles. The summed E-state index contributed by atoms with van der Waals surface area (Å²) in [5, 5.41) is 0. The van der Waals surface area contributed by atoms with Gasteiger partial charge in [0.15, 0.2) is 0 Å². The molecule has 98 valence electrons. The standard InChI is InChI=1S/C15H31F/c1-5-8-10-15(9-6-2)14(7-3)11-13(4)12-16/h13-15H,5-12H2,1-4H3. The van der Waals surface area contributed by atoms with Gasteiger partial charge in [-0.3, -0.25) is 4.39 Å². The van der Waals surface area contributed by atoms with Gasteiger partial charge < -0.3 is 0 Å². The summed E-state index contributed by atoms with van der Waals surface area (Å²) in [5.74, 6) is 1.84. The number of unbranched alkanes of at least 4 members (excludes halogenated alkanes) is 1. The van der Waals surface area contributed by atoms with Crippen molar-refractivity contribution in [3.05, 3.63) is 0 Å². The molecule has 0 saturated heterocycles. The lowest BCUT2D eigenvalue weighted by Gasteiger charge is -2.27. The van der Waals surface area contributed by atoms with Crippen LogP contribution >= 0.6 is 0 Å². The first-order valence-electron chi connectivity index (χ1n) is 7.25. The predicted molar refractivity (Wildman–Crippen MR) is 71.5 cm³/mol. The SMILES string of the molecule is CCCCC(CCC)C(CC)CC(C)CF. The highest BCUT2D eigenvalue weighted by atomic mass is 19.1. The Bertz CT molecular complexity index is 144. The molecule has 0 amide bonds. The van der Waals surface area contributed by atoms with Gasteiger partial charge in [0.1, 0.15) is 0 Å². The van der Waals surface area contributed by atoms with E-state index < -0.39 is 0 Å². The van der Waals surface area contributed by atoms with Gasteiger partial charge in [-0.05, 0) is 24.2 Å². The van der Waals surface area contributed by atoms with Crippen LogP contribution in [0.15, 0.2) is 0 Å². The molecule has 0 fully saturated rings. The van der Waals surface area contributed by atoms with Crippen molar-refractivity contribution in [3.8, 4) is 0 Å². The van der Waals surface area contributed by atoms with Crippen molar-refractivity contribution in [1.29, 1.82) is 0 Å². The van der Waals surface area contributed by atoms with E-state index in [0.717, 1.165) is 18.3 Å². The molecular formula is C15H31F. The Kier molecular flexibility index (Phi) is 10.1. The van der Waals surface area contributed by atoms with Gasteiger partial charge in [0.05, 0.1) is 6.67 Å². The maximum Gasteiger partial charge on any atom is 0.0920 e. The zero-order valence-electron chi connectivity index (χ0n) is 11.8. The molecule has 0 aliphatic heterocycles. The molecule has 0 N–H and O–H groups in total.